The molecule has 1 atom stereocenters. The molecule has 1 amide bonds. The molecule has 1 fully saturated rings. The summed E-state index contributed by atoms with van der Waals surface area (Å²) in [5, 5.41) is 14.7. The fourth-order valence-electron chi connectivity index (χ4n) is 3.05. The van der Waals surface area contributed by atoms with Crippen molar-refractivity contribution in [3.8, 4) is 0 Å². The van der Waals surface area contributed by atoms with Crippen LogP contribution in [0.15, 0.2) is 28.9 Å². The molecule has 0 aliphatic carbocycles. The van der Waals surface area contributed by atoms with Crippen molar-refractivity contribution in [1.29, 1.82) is 0 Å². The first-order chi connectivity index (χ1) is 12.4. The first kappa shape index (κ1) is 18.5. The molecule has 2 N–H and O–H groups in total. The fraction of sp³-hybridized carbons (Fsp3) is 0.500. The van der Waals surface area contributed by atoms with Gasteiger partial charge in [-0.1, -0.05) is 0 Å². The summed E-state index contributed by atoms with van der Waals surface area (Å²) in [6, 6.07) is 4.23. The number of furan rings is 1. The van der Waals surface area contributed by atoms with Crippen LogP contribution < -0.4 is 0 Å². The normalized spacial score (nSPS) is 19.1. The van der Waals surface area contributed by atoms with E-state index in [4.69, 9.17) is 4.42 Å². The van der Waals surface area contributed by atoms with Crippen molar-refractivity contribution in [3.63, 3.8) is 0 Å². The number of carbonyl (C=O) groups is 1. The maximum atomic E-state index is 12.7. The number of carbonyl (C=O) groups excluding carboxylic acids is 1. The second kappa shape index (κ2) is 7.50. The van der Waals surface area contributed by atoms with Crippen molar-refractivity contribution in [2.75, 3.05) is 26.2 Å². The van der Waals surface area contributed by atoms with Gasteiger partial charge in [0.05, 0.1) is 12.8 Å². The van der Waals surface area contributed by atoms with Crippen molar-refractivity contribution < 1.29 is 27.5 Å². The van der Waals surface area contributed by atoms with Crippen LogP contribution in [0.25, 0.3) is 0 Å². The molecule has 1 aliphatic rings. The fourth-order valence-corrected chi connectivity index (χ4v) is 3.05. The number of aromatic nitrogens is 2. The molecule has 26 heavy (non-hydrogen) atoms. The molecular weight excluding hydrogens is 353 g/mol. The minimum Gasteiger partial charge on any atom is -0.468 e. The van der Waals surface area contributed by atoms with E-state index >= 15 is 0 Å². The summed E-state index contributed by atoms with van der Waals surface area (Å²) in [6.45, 7) is 1.67. The highest BCUT2D eigenvalue weighted by Gasteiger charge is 2.35. The second-order valence-electron chi connectivity index (χ2n) is 6.13. The molecule has 0 bridgehead atoms. The topological polar surface area (TPSA) is 85.6 Å². The standard InChI is InChI=1S/C16H19F3N4O3/c17-16(18,19)14-8-13(20-21-14)15(25)23-5-4-22(11(9-23)3-6-24)10-12-2-1-7-26-12/h1-2,7-8,11,24H,3-6,9-10H2,(H,20,21)/t11-/m1/s1. The van der Waals surface area contributed by atoms with Crippen molar-refractivity contribution in [3.05, 3.63) is 41.6 Å². The van der Waals surface area contributed by atoms with Gasteiger partial charge in [-0.05, 0) is 18.6 Å². The third kappa shape index (κ3) is 4.07. The monoisotopic (exact) mass is 372 g/mol. The number of piperazine rings is 1. The molecule has 1 saturated heterocycles. The van der Waals surface area contributed by atoms with Gasteiger partial charge in [-0.25, -0.2) is 0 Å². The Balaban J connectivity index is 1.68. The maximum Gasteiger partial charge on any atom is 0.432 e. The molecule has 0 saturated carbocycles. The van der Waals surface area contributed by atoms with Gasteiger partial charge in [0, 0.05) is 38.3 Å². The van der Waals surface area contributed by atoms with Crippen LogP contribution in [0.2, 0.25) is 0 Å². The van der Waals surface area contributed by atoms with Gasteiger partial charge < -0.3 is 14.4 Å². The summed E-state index contributed by atoms with van der Waals surface area (Å²) in [7, 11) is 0. The van der Waals surface area contributed by atoms with E-state index in [-0.39, 0.29) is 18.3 Å². The van der Waals surface area contributed by atoms with E-state index in [2.05, 4.69) is 10.00 Å². The smallest absolute Gasteiger partial charge is 0.432 e. The van der Waals surface area contributed by atoms with E-state index in [0.717, 1.165) is 11.8 Å². The van der Waals surface area contributed by atoms with Gasteiger partial charge in [-0.3, -0.25) is 14.8 Å². The van der Waals surface area contributed by atoms with E-state index in [1.165, 1.54) is 4.90 Å². The third-order valence-electron chi connectivity index (χ3n) is 4.40. The Bertz CT molecular complexity index is 729. The Kier molecular flexibility index (Phi) is 5.33. The number of halogens is 3. The van der Waals surface area contributed by atoms with E-state index in [1.807, 2.05) is 11.2 Å². The number of hydrogen-bond acceptors (Lipinski definition) is 5. The van der Waals surface area contributed by atoms with Crippen LogP contribution in [0.1, 0.15) is 28.4 Å². The van der Waals surface area contributed by atoms with Gasteiger partial charge in [-0.2, -0.15) is 18.3 Å². The zero-order valence-electron chi connectivity index (χ0n) is 13.9. The van der Waals surface area contributed by atoms with Crippen molar-refractivity contribution in [2.24, 2.45) is 0 Å². The molecule has 142 valence electrons. The molecule has 7 nitrogen and oxygen atoms in total. The molecule has 2 aromatic rings. The number of hydrogen-bond donors (Lipinski definition) is 2. The van der Waals surface area contributed by atoms with Gasteiger partial charge in [-0.15, -0.1) is 0 Å². The van der Waals surface area contributed by atoms with E-state index < -0.39 is 17.8 Å². The molecular formula is C16H19F3N4O3. The summed E-state index contributed by atoms with van der Waals surface area (Å²) in [5.74, 6) is 0.215. The van der Waals surface area contributed by atoms with Crippen molar-refractivity contribution in [2.45, 2.75) is 25.2 Å². The average molecular weight is 372 g/mol. The number of aliphatic hydroxyl groups excluding tert-OH is 1. The number of aliphatic hydroxyl groups is 1. The molecule has 3 rings (SSSR count). The SMILES string of the molecule is O=C(c1cc(C(F)(F)F)[nH]n1)N1CCN(Cc2ccco2)[C@H](CCO)C1. The summed E-state index contributed by atoms with van der Waals surface area (Å²) >= 11 is 0. The number of H-pyrrole nitrogens is 1. The highest BCUT2D eigenvalue weighted by Crippen LogP contribution is 2.28. The molecule has 3 heterocycles. The number of aromatic amines is 1. The Hall–Kier alpha value is -2.33. The van der Waals surface area contributed by atoms with E-state index in [9.17, 15) is 23.1 Å². The minimum atomic E-state index is -4.58. The predicted octanol–water partition coefficient (Wildman–Crippen LogP) is 1.73. The zero-order chi connectivity index (χ0) is 18.7. The number of nitrogens with zero attached hydrogens (tertiary/aromatic N) is 3. The number of nitrogens with one attached hydrogen (secondary N) is 1. The van der Waals surface area contributed by atoms with Crippen LogP contribution in [0.5, 0.6) is 0 Å². The Morgan fingerprint density at radius 3 is 2.85 bits per heavy atom. The number of alkyl halides is 3. The number of amides is 1. The van der Waals surface area contributed by atoms with Crippen LogP contribution in [0.4, 0.5) is 13.2 Å². The Morgan fingerprint density at radius 1 is 1.42 bits per heavy atom. The second-order valence-corrected chi connectivity index (χ2v) is 6.13. The van der Waals surface area contributed by atoms with Crippen molar-refractivity contribution >= 4 is 5.91 Å². The lowest BCUT2D eigenvalue weighted by molar-refractivity contribution is -0.141. The van der Waals surface area contributed by atoms with Crippen LogP contribution in [0.3, 0.4) is 0 Å². The van der Waals surface area contributed by atoms with Gasteiger partial charge in [0.25, 0.3) is 5.91 Å². The third-order valence-corrected chi connectivity index (χ3v) is 4.40. The molecule has 0 aromatic carbocycles. The lowest BCUT2D eigenvalue weighted by atomic mass is 10.1. The Morgan fingerprint density at radius 2 is 2.23 bits per heavy atom. The summed E-state index contributed by atoms with van der Waals surface area (Å²) in [4.78, 5) is 16.0. The largest absolute Gasteiger partial charge is 0.468 e. The lowest BCUT2D eigenvalue weighted by Gasteiger charge is -2.40. The lowest BCUT2D eigenvalue weighted by Crippen LogP contribution is -2.54. The van der Waals surface area contributed by atoms with E-state index in [0.29, 0.717) is 32.6 Å². The van der Waals surface area contributed by atoms with Crippen LogP contribution in [-0.4, -0.2) is 63.3 Å². The minimum absolute atomic E-state index is 0.0536. The van der Waals surface area contributed by atoms with Crippen LogP contribution in [-0.2, 0) is 12.7 Å². The molecule has 2 aromatic heterocycles. The van der Waals surface area contributed by atoms with Crippen LogP contribution >= 0.6 is 0 Å². The van der Waals surface area contributed by atoms with Gasteiger partial charge >= 0.3 is 6.18 Å². The summed E-state index contributed by atoms with van der Waals surface area (Å²) < 4.78 is 43.3. The van der Waals surface area contributed by atoms with Crippen molar-refractivity contribution in [1.82, 2.24) is 20.0 Å². The van der Waals surface area contributed by atoms with Gasteiger partial charge in [0.1, 0.15) is 11.5 Å². The molecule has 0 spiro atoms. The van der Waals surface area contributed by atoms with Gasteiger partial charge in [0.15, 0.2) is 5.69 Å². The first-order valence-corrected chi connectivity index (χ1v) is 8.17. The predicted molar refractivity (Wildman–Crippen MR) is 84.1 cm³/mol. The molecule has 1 aliphatic heterocycles. The quantitative estimate of drug-likeness (QED) is 0.835. The zero-order valence-corrected chi connectivity index (χ0v) is 13.9. The molecule has 0 unspecified atom stereocenters. The van der Waals surface area contributed by atoms with E-state index in [1.54, 1.807) is 12.3 Å². The Labute approximate surface area is 147 Å². The van der Waals surface area contributed by atoms with Gasteiger partial charge in [0.2, 0.25) is 0 Å². The number of rotatable bonds is 5. The highest BCUT2D eigenvalue weighted by atomic mass is 19.4. The summed E-state index contributed by atoms with van der Waals surface area (Å²) in [5.41, 5.74) is -1.32. The average Bonchev–Trinajstić information content (AvgIpc) is 3.27. The highest BCUT2D eigenvalue weighted by molar-refractivity contribution is 5.92. The first-order valence-electron chi connectivity index (χ1n) is 8.17. The summed E-state index contributed by atoms with van der Waals surface area (Å²) in [6.07, 6.45) is -2.56. The molecule has 0 radical (unpaired) electrons. The molecule has 10 heteroatoms. The maximum absolute atomic E-state index is 12.7. The van der Waals surface area contributed by atoms with Crippen LogP contribution in [0, 0.1) is 0 Å².